The molecule has 0 aliphatic carbocycles. The molecule has 4 aromatic rings. The molecular weight excluding hydrogens is 504 g/mol. The van der Waals surface area contributed by atoms with E-state index in [1.807, 2.05) is 30.3 Å². The van der Waals surface area contributed by atoms with E-state index in [-0.39, 0.29) is 22.7 Å². The van der Waals surface area contributed by atoms with Crippen molar-refractivity contribution in [3.05, 3.63) is 120 Å². The van der Waals surface area contributed by atoms with E-state index in [9.17, 15) is 18.0 Å². The molecule has 0 bridgehead atoms. The van der Waals surface area contributed by atoms with Crippen LogP contribution in [0.2, 0.25) is 0 Å². The monoisotopic (exact) mass is 530 g/mol. The first-order valence-corrected chi connectivity index (χ1v) is 13.1. The van der Waals surface area contributed by atoms with Crippen LogP contribution in [0.25, 0.3) is 0 Å². The third kappa shape index (κ3) is 5.84. The van der Waals surface area contributed by atoms with Gasteiger partial charge < -0.3 is 14.8 Å². The fraction of sp³-hybridized carbons (Fsp3) is 0.103. The van der Waals surface area contributed by atoms with Gasteiger partial charge in [-0.3, -0.25) is 9.10 Å². The number of benzene rings is 4. The molecule has 9 heteroatoms. The largest absolute Gasteiger partial charge is 0.497 e. The molecule has 0 atom stereocenters. The first-order valence-electron chi connectivity index (χ1n) is 11.6. The predicted molar refractivity (Wildman–Crippen MR) is 145 cm³/mol. The summed E-state index contributed by atoms with van der Waals surface area (Å²) < 4.78 is 38.9. The van der Waals surface area contributed by atoms with E-state index in [1.54, 1.807) is 48.5 Å². The van der Waals surface area contributed by atoms with Gasteiger partial charge in [0.2, 0.25) is 0 Å². The molecule has 0 aliphatic heterocycles. The molecule has 8 nitrogen and oxygen atoms in total. The number of nitrogens with zero attached hydrogens (tertiary/aromatic N) is 1. The van der Waals surface area contributed by atoms with Gasteiger partial charge in [-0.25, -0.2) is 13.2 Å². The summed E-state index contributed by atoms with van der Waals surface area (Å²) in [4.78, 5) is 25.1. The Morgan fingerprint density at radius 3 is 2.05 bits per heavy atom. The van der Waals surface area contributed by atoms with E-state index < -0.39 is 21.9 Å². The first kappa shape index (κ1) is 26.4. The molecule has 38 heavy (non-hydrogen) atoms. The third-order valence-corrected chi connectivity index (χ3v) is 7.57. The lowest BCUT2D eigenvalue weighted by Crippen LogP contribution is -2.32. The van der Waals surface area contributed by atoms with Gasteiger partial charge in [0.1, 0.15) is 5.75 Å². The molecule has 1 N–H and O–H groups in total. The maximum absolute atomic E-state index is 13.9. The van der Waals surface area contributed by atoms with Crippen LogP contribution in [0.3, 0.4) is 0 Å². The van der Waals surface area contributed by atoms with Crippen molar-refractivity contribution in [2.75, 3.05) is 23.8 Å². The number of anilines is 2. The zero-order valence-corrected chi connectivity index (χ0v) is 21.6. The number of carbonyl (C=O) groups is 2. The highest BCUT2D eigenvalue weighted by atomic mass is 32.2. The number of methoxy groups -OCH3 is 2. The quantitative estimate of drug-likeness (QED) is 0.301. The second-order valence-electron chi connectivity index (χ2n) is 8.21. The highest BCUT2D eigenvalue weighted by Crippen LogP contribution is 2.30. The maximum Gasteiger partial charge on any atom is 0.337 e. The Hall–Kier alpha value is -4.63. The second kappa shape index (κ2) is 11.6. The highest BCUT2D eigenvalue weighted by molar-refractivity contribution is 7.92. The summed E-state index contributed by atoms with van der Waals surface area (Å²) in [6.45, 7) is 0.00726. The second-order valence-corrected chi connectivity index (χ2v) is 10.1. The van der Waals surface area contributed by atoms with Gasteiger partial charge in [0.15, 0.2) is 0 Å². The molecule has 4 rings (SSSR count). The molecule has 0 fully saturated rings. The molecule has 0 aliphatic rings. The van der Waals surface area contributed by atoms with Crippen LogP contribution in [0.1, 0.15) is 26.3 Å². The maximum atomic E-state index is 13.9. The van der Waals surface area contributed by atoms with E-state index in [2.05, 4.69) is 5.32 Å². The Bertz CT molecular complexity index is 1520. The van der Waals surface area contributed by atoms with E-state index in [0.29, 0.717) is 17.0 Å². The summed E-state index contributed by atoms with van der Waals surface area (Å²) in [7, 11) is -1.29. The molecule has 0 radical (unpaired) electrons. The number of ether oxygens (including phenoxy) is 2. The standard InChI is InChI=1S/C29H26N2O6S/c1-36-24-16-18-25(19-17-24)38(34,35)31(20-21-8-4-3-5-9-21)27-11-7-6-10-26(27)28(32)30-23-14-12-22(13-15-23)29(33)37-2/h3-19H,20H2,1-2H3,(H,30,32). The molecule has 1 amide bonds. The van der Waals surface area contributed by atoms with Gasteiger partial charge in [0.05, 0.1) is 42.5 Å². The van der Waals surface area contributed by atoms with Crippen molar-refractivity contribution in [3.8, 4) is 5.75 Å². The minimum absolute atomic E-state index is 0.00726. The number of hydrogen-bond acceptors (Lipinski definition) is 6. The van der Waals surface area contributed by atoms with E-state index in [0.717, 1.165) is 5.56 Å². The van der Waals surface area contributed by atoms with Crippen LogP contribution in [-0.2, 0) is 21.3 Å². The summed E-state index contributed by atoms with van der Waals surface area (Å²) in [6.07, 6.45) is 0. The molecule has 4 aromatic carbocycles. The topological polar surface area (TPSA) is 102 Å². The lowest BCUT2D eigenvalue weighted by Gasteiger charge is -2.26. The summed E-state index contributed by atoms with van der Waals surface area (Å²) in [5.41, 5.74) is 1.90. The predicted octanol–water partition coefficient (Wildman–Crippen LogP) is 5.13. The minimum Gasteiger partial charge on any atom is -0.497 e. The summed E-state index contributed by atoms with van der Waals surface area (Å²) in [5, 5.41) is 2.78. The van der Waals surface area contributed by atoms with Crippen molar-refractivity contribution in [2.45, 2.75) is 11.4 Å². The number of amides is 1. The minimum atomic E-state index is -4.08. The van der Waals surface area contributed by atoms with Crippen molar-refractivity contribution < 1.29 is 27.5 Å². The SMILES string of the molecule is COC(=O)c1ccc(NC(=O)c2ccccc2N(Cc2ccccc2)S(=O)(=O)c2ccc(OC)cc2)cc1. The highest BCUT2D eigenvalue weighted by Gasteiger charge is 2.29. The van der Waals surface area contributed by atoms with Crippen molar-refractivity contribution in [3.63, 3.8) is 0 Å². The Kier molecular flexibility index (Phi) is 8.08. The van der Waals surface area contributed by atoms with Crippen molar-refractivity contribution in [1.29, 1.82) is 0 Å². The van der Waals surface area contributed by atoms with Crippen LogP contribution in [-0.4, -0.2) is 34.5 Å². The van der Waals surface area contributed by atoms with Crippen LogP contribution in [0.15, 0.2) is 108 Å². The number of para-hydroxylation sites is 1. The number of nitrogens with one attached hydrogen (secondary N) is 1. The van der Waals surface area contributed by atoms with Crippen LogP contribution in [0.5, 0.6) is 5.75 Å². The van der Waals surface area contributed by atoms with Crippen LogP contribution in [0.4, 0.5) is 11.4 Å². The smallest absolute Gasteiger partial charge is 0.337 e. The lowest BCUT2D eigenvalue weighted by molar-refractivity contribution is 0.0600. The van der Waals surface area contributed by atoms with Gasteiger partial charge in [-0.2, -0.15) is 0 Å². The van der Waals surface area contributed by atoms with Gasteiger partial charge in [-0.15, -0.1) is 0 Å². The van der Waals surface area contributed by atoms with Crippen molar-refractivity contribution in [1.82, 2.24) is 0 Å². The summed E-state index contributed by atoms with van der Waals surface area (Å²) in [6, 6.07) is 27.9. The molecular formula is C29H26N2O6S. The van der Waals surface area contributed by atoms with Gasteiger partial charge in [0, 0.05) is 5.69 Å². The van der Waals surface area contributed by atoms with Crippen LogP contribution >= 0.6 is 0 Å². The van der Waals surface area contributed by atoms with Crippen molar-refractivity contribution in [2.24, 2.45) is 0 Å². The van der Waals surface area contributed by atoms with Crippen molar-refractivity contribution >= 4 is 33.3 Å². The Labute approximate surface area is 221 Å². The molecule has 0 spiro atoms. The Morgan fingerprint density at radius 1 is 0.789 bits per heavy atom. The average molecular weight is 531 g/mol. The molecule has 194 valence electrons. The number of rotatable bonds is 9. The zero-order chi connectivity index (χ0) is 27.1. The molecule has 0 saturated heterocycles. The number of sulfonamides is 1. The van der Waals surface area contributed by atoms with E-state index in [1.165, 1.54) is 42.8 Å². The molecule has 0 aromatic heterocycles. The lowest BCUT2D eigenvalue weighted by atomic mass is 10.1. The molecule has 0 unspecified atom stereocenters. The molecule has 0 heterocycles. The Morgan fingerprint density at radius 2 is 1.42 bits per heavy atom. The Balaban J connectivity index is 1.72. The average Bonchev–Trinajstić information content (AvgIpc) is 2.96. The normalized spacial score (nSPS) is 10.9. The van der Waals surface area contributed by atoms with Gasteiger partial charge in [-0.05, 0) is 66.2 Å². The fourth-order valence-electron chi connectivity index (χ4n) is 3.81. The van der Waals surface area contributed by atoms with E-state index >= 15 is 0 Å². The fourth-order valence-corrected chi connectivity index (χ4v) is 5.28. The van der Waals surface area contributed by atoms with E-state index in [4.69, 9.17) is 9.47 Å². The molecule has 0 saturated carbocycles. The number of carbonyl (C=O) groups excluding carboxylic acids is 2. The first-order chi connectivity index (χ1) is 18.3. The van der Waals surface area contributed by atoms with Crippen LogP contribution in [0, 0.1) is 0 Å². The summed E-state index contributed by atoms with van der Waals surface area (Å²) >= 11 is 0. The number of hydrogen-bond donors (Lipinski definition) is 1. The van der Waals surface area contributed by atoms with Gasteiger partial charge >= 0.3 is 5.97 Å². The number of esters is 1. The van der Waals surface area contributed by atoms with Crippen LogP contribution < -0.4 is 14.4 Å². The zero-order valence-electron chi connectivity index (χ0n) is 20.8. The van der Waals surface area contributed by atoms with Gasteiger partial charge in [0.25, 0.3) is 15.9 Å². The summed E-state index contributed by atoms with van der Waals surface area (Å²) in [5.74, 6) is -0.473. The van der Waals surface area contributed by atoms with Gasteiger partial charge in [-0.1, -0.05) is 42.5 Å². The third-order valence-electron chi connectivity index (χ3n) is 5.80.